The average molecular weight is 450 g/mol. The van der Waals surface area contributed by atoms with Crippen LogP contribution in [0.1, 0.15) is 40.2 Å². The number of benzene rings is 2. The van der Waals surface area contributed by atoms with Gasteiger partial charge in [-0.1, -0.05) is 36.4 Å². The molecule has 34 heavy (non-hydrogen) atoms. The lowest BCUT2D eigenvalue weighted by molar-refractivity contribution is 0.0732. The molecule has 1 aliphatic carbocycles. The summed E-state index contributed by atoms with van der Waals surface area (Å²) in [5, 5.41) is 0.983. The predicted octanol–water partition coefficient (Wildman–Crippen LogP) is 4.98. The Morgan fingerprint density at radius 1 is 1.00 bits per heavy atom. The number of aromatic nitrogens is 2. The molecular weight excluding hydrogens is 422 g/mol. The minimum atomic E-state index is 0.0394. The number of hydrogen-bond acceptors (Lipinski definition) is 3. The van der Waals surface area contributed by atoms with Crippen LogP contribution in [0.25, 0.3) is 22.0 Å². The van der Waals surface area contributed by atoms with E-state index in [-0.39, 0.29) is 11.5 Å². The summed E-state index contributed by atoms with van der Waals surface area (Å²) < 4.78 is 2.01. The maximum absolute atomic E-state index is 13.8. The Morgan fingerprint density at radius 3 is 2.62 bits per heavy atom. The molecule has 0 unspecified atom stereocenters. The molecule has 2 aromatic carbocycles. The van der Waals surface area contributed by atoms with Crippen molar-refractivity contribution < 1.29 is 4.79 Å². The van der Waals surface area contributed by atoms with Gasteiger partial charge in [-0.3, -0.25) is 14.6 Å². The molecule has 5 heteroatoms. The highest BCUT2D eigenvalue weighted by molar-refractivity contribution is 5.95. The van der Waals surface area contributed by atoms with Crippen molar-refractivity contribution in [1.82, 2.24) is 14.5 Å². The SMILES string of the molecule is Cc1ccc2c(-c3cc4c(n(CC5CC5)c3=O)CCN(C(=O)c3ccccc3)C4)cccc2n1. The number of aryl methyl sites for hydroxylation is 1. The van der Waals surface area contributed by atoms with Crippen LogP contribution in [-0.4, -0.2) is 26.9 Å². The van der Waals surface area contributed by atoms with E-state index in [2.05, 4.69) is 11.1 Å². The van der Waals surface area contributed by atoms with Gasteiger partial charge in [-0.15, -0.1) is 0 Å². The van der Waals surface area contributed by atoms with E-state index >= 15 is 0 Å². The predicted molar refractivity (Wildman–Crippen MR) is 134 cm³/mol. The number of hydrogen-bond donors (Lipinski definition) is 0. The Balaban J connectivity index is 1.47. The van der Waals surface area contributed by atoms with Gasteiger partial charge in [0.1, 0.15) is 0 Å². The minimum absolute atomic E-state index is 0.0394. The van der Waals surface area contributed by atoms with E-state index in [0.717, 1.165) is 40.0 Å². The number of carbonyl (C=O) groups is 1. The number of carbonyl (C=O) groups excluding carboxylic acids is 1. The van der Waals surface area contributed by atoms with Gasteiger partial charge in [0.05, 0.1) is 5.52 Å². The lowest BCUT2D eigenvalue weighted by Crippen LogP contribution is -2.39. The fraction of sp³-hybridized carbons (Fsp3) is 0.276. The highest BCUT2D eigenvalue weighted by Gasteiger charge is 2.29. The molecule has 2 aliphatic rings. The number of amides is 1. The molecule has 0 N–H and O–H groups in total. The van der Waals surface area contributed by atoms with E-state index in [1.54, 1.807) is 0 Å². The van der Waals surface area contributed by atoms with Crippen LogP contribution >= 0.6 is 0 Å². The Labute approximate surface area is 198 Å². The first-order valence-corrected chi connectivity index (χ1v) is 12.0. The van der Waals surface area contributed by atoms with E-state index < -0.39 is 0 Å². The molecule has 0 spiro atoms. The Morgan fingerprint density at radius 2 is 1.82 bits per heavy atom. The van der Waals surface area contributed by atoms with Gasteiger partial charge in [0, 0.05) is 54.0 Å². The summed E-state index contributed by atoms with van der Waals surface area (Å²) in [6.45, 7) is 3.89. The highest BCUT2D eigenvalue weighted by Crippen LogP contribution is 2.33. The van der Waals surface area contributed by atoms with Crippen LogP contribution in [0.5, 0.6) is 0 Å². The van der Waals surface area contributed by atoms with Crippen molar-refractivity contribution in [3.8, 4) is 11.1 Å². The molecule has 1 aliphatic heterocycles. The molecule has 3 heterocycles. The third kappa shape index (κ3) is 3.71. The lowest BCUT2D eigenvalue weighted by Gasteiger charge is -2.31. The molecular formula is C29H27N3O2. The Bertz CT molecular complexity index is 1470. The van der Waals surface area contributed by atoms with Crippen molar-refractivity contribution in [2.45, 2.75) is 39.3 Å². The zero-order chi connectivity index (χ0) is 23.2. The summed E-state index contributed by atoms with van der Waals surface area (Å²) in [6, 6.07) is 21.5. The molecule has 4 aromatic rings. The van der Waals surface area contributed by atoms with Gasteiger partial charge in [0.2, 0.25) is 0 Å². The van der Waals surface area contributed by atoms with Crippen LogP contribution in [0.4, 0.5) is 0 Å². The molecule has 6 rings (SSSR count). The average Bonchev–Trinajstić information content (AvgIpc) is 3.69. The molecule has 0 saturated heterocycles. The largest absolute Gasteiger partial charge is 0.334 e. The second-order valence-electron chi connectivity index (χ2n) is 9.56. The van der Waals surface area contributed by atoms with Crippen molar-refractivity contribution in [2.75, 3.05) is 6.54 Å². The lowest BCUT2D eigenvalue weighted by atomic mass is 9.96. The number of rotatable bonds is 4. The standard InChI is InChI=1S/C29H27N3O2/c1-19-10-13-24-23(8-5-9-26(24)30-19)25-16-22-18-31(28(33)21-6-3-2-4-7-21)15-14-27(22)32(29(25)34)17-20-11-12-20/h2-10,13,16,20H,11-12,14-15,17-18H2,1H3. The number of nitrogens with zero attached hydrogens (tertiary/aromatic N) is 3. The van der Waals surface area contributed by atoms with Crippen LogP contribution in [0.3, 0.4) is 0 Å². The topological polar surface area (TPSA) is 55.2 Å². The van der Waals surface area contributed by atoms with Crippen LogP contribution in [0.15, 0.2) is 71.5 Å². The fourth-order valence-corrected chi connectivity index (χ4v) is 5.09. The summed E-state index contributed by atoms with van der Waals surface area (Å²) >= 11 is 0. The summed E-state index contributed by atoms with van der Waals surface area (Å²) in [4.78, 5) is 33.5. The van der Waals surface area contributed by atoms with E-state index in [1.807, 2.05) is 77.1 Å². The van der Waals surface area contributed by atoms with Gasteiger partial charge in [0.25, 0.3) is 11.5 Å². The number of pyridine rings is 2. The summed E-state index contributed by atoms with van der Waals surface area (Å²) in [5.74, 6) is 0.621. The Hall–Kier alpha value is -3.73. The first-order chi connectivity index (χ1) is 16.6. The highest BCUT2D eigenvalue weighted by atomic mass is 16.2. The van der Waals surface area contributed by atoms with Crippen molar-refractivity contribution in [3.63, 3.8) is 0 Å². The molecule has 170 valence electrons. The smallest absolute Gasteiger partial charge is 0.258 e. The summed E-state index contributed by atoms with van der Waals surface area (Å²) in [6.07, 6.45) is 3.06. The summed E-state index contributed by atoms with van der Waals surface area (Å²) in [5.41, 5.74) is 6.39. The van der Waals surface area contributed by atoms with Crippen LogP contribution in [0, 0.1) is 12.8 Å². The molecule has 5 nitrogen and oxygen atoms in total. The van der Waals surface area contributed by atoms with Crippen LogP contribution in [-0.2, 0) is 19.5 Å². The normalized spacial score (nSPS) is 15.4. The van der Waals surface area contributed by atoms with E-state index in [1.165, 1.54) is 12.8 Å². The van der Waals surface area contributed by atoms with Crippen molar-refractivity contribution in [2.24, 2.45) is 5.92 Å². The molecule has 1 amide bonds. The molecule has 0 atom stereocenters. The van der Waals surface area contributed by atoms with Gasteiger partial charge in [-0.25, -0.2) is 0 Å². The zero-order valence-electron chi connectivity index (χ0n) is 19.3. The van der Waals surface area contributed by atoms with Gasteiger partial charge in [-0.05, 0) is 67.1 Å². The maximum atomic E-state index is 13.8. The van der Waals surface area contributed by atoms with Gasteiger partial charge in [0.15, 0.2) is 0 Å². The summed E-state index contributed by atoms with van der Waals surface area (Å²) in [7, 11) is 0. The second kappa shape index (κ2) is 8.24. The molecule has 1 fully saturated rings. The van der Waals surface area contributed by atoms with Gasteiger partial charge in [-0.2, -0.15) is 0 Å². The molecule has 0 bridgehead atoms. The minimum Gasteiger partial charge on any atom is -0.334 e. The molecule has 2 aromatic heterocycles. The quantitative estimate of drug-likeness (QED) is 0.442. The van der Waals surface area contributed by atoms with Gasteiger partial charge >= 0.3 is 0 Å². The van der Waals surface area contributed by atoms with Crippen molar-refractivity contribution in [3.05, 3.63) is 99.6 Å². The number of fused-ring (bicyclic) bond motifs is 2. The Kier molecular flexibility index (Phi) is 5.05. The van der Waals surface area contributed by atoms with Gasteiger partial charge < -0.3 is 9.47 Å². The fourth-order valence-electron chi connectivity index (χ4n) is 5.09. The first kappa shape index (κ1) is 20.8. The van der Waals surface area contributed by atoms with Crippen molar-refractivity contribution >= 4 is 16.8 Å². The van der Waals surface area contributed by atoms with Crippen molar-refractivity contribution in [1.29, 1.82) is 0 Å². The second-order valence-corrected chi connectivity index (χ2v) is 9.56. The first-order valence-electron chi connectivity index (χ1n) is 12.0. The monoisotopic (exact) mass is 449 g/mol. The third-order valence-electron chi connectivity index (χ3n) is 7.08. The van der Waals surface area contributed by atoms with Crippen LogP contribution < -0.4 is 5.56 Å². The molecule has 0 radical (unpaired) electrons. The van der Waals surface area contributed by atoms with E-state index in [9.17, 15) is 9.59 Å². The van der Waals surface area contributed by atoms with Crippen LogP contribution in [0.2, 0.25) is 0 Å². The van der Waals surface area contributed by atoms with E-state index in [0.29, 0.717) is 36.6 Å². The maximum Gasteiger partial charge on any atom is 0.258 e. The third-order valence-corrected chi connectivity index (χ3v) is 7.08. The molecule has 1 saturated carbocycles. The zero-order valence-corrected chi connectivity index (χ0v) is 19.3. The van der Waals surface area contributed by atoms with E-state index in [4.69, 9.17) is 0 Å².